The van der Waals surface area contributed by atoms with E-state index in [1.165, 1.54) is 11.3 Å². The van der Waals surface area contributed by atoms with Gasteiger partial charge in [-0.15, -0.1) is 17.9 Å². The molecule has 0 amide bonds. The lowest BCUT2D eigenvalue weighted by atomic mass is 10.1. The molecule has 36 heavy (non-hydrogen) atoms. The average Bonchev–Trinajstić information content (AvgIpc) is 3.34. The summed E-state index contributed by atoms with van der Waals surface area (Å²) < 4.78 is 19.5. The number of aromatic nitrogens is 2. The molecule has 0 atom stereocenters. The predicted octanol–water partition coefficient (Wildman–Crippen LogP) is 6.96. The first-order valence-electron chi connectivity index (χ1n) is 12.1. The second-order valence-corrected chi connectivity index (χ2v) is 8.38. The van der Waals surface area contributed by atoms with Gasteiger partial charge in [-0.1, -0.05) is 39.0 Å². The fourth-order valence-corrected chi connectivity index (χ4v) is 3.54. The van der Waals surface area contributed by atoms with Crippen LogP contribution in [-0.4, -0.2) is 48.6 Å². The summed E-state index contributed by atoms with van der Waals surface area (Å²) in [4.78, 5) is 6.62. The number of hydrogen-bond donors (Lipinski definition) is 3. The highest BCUT2D eigenvalue weighted by molar-refractivity contribution is 7.16. The lowest BCUT2D eigenvalue weighted by molar-refractivity contribution is 0.192. The Morgan fingerprint density at radius 3 is 2.25 bits per heavy atom. The molecule has 3 N–H and O–H groups in total. The number of halogens is 1. The van der Waals surface area contributed by atoms with E-state index in [9.17, 15) is 4.39 Å². The van der Waals surface area contributed by atoms with Crippen LogP contribution < -0.4 is 15.4 Å². The van der Waals surface area contributed by atoms with Gasteiger partial charge in [0, 0.05) is 48.2 Å². The van der Waals surface area contributed by atoms with E-state index in [2.05, 4.69) is 17.2 Å². The number of aryl methyl sites for hydroxylation is 2. The number of aliphatic hydroxyl groups excluding tert-OH is 1. The number of benzene rings is 1. The van der Waals surface area contributed by atoms with Gasteiger partial charge in [0.1, 0.15) is 5.75 Å². The molecule has 3 rings (SSSR count). The number of imidazole rings is 1. The van der Waals surface area contributed by atoms with E-state index in [1.807, 2.05) is 102 Å². The lowest BCUT2D eigenvalue weighted by Crippen LogP contribution is -2.02. The van der Waals surface area contributed by atoms with E-state index >= 15 is 0 Å². The molecule has 0 aliphatic carbocycles. The number of hydrogen-bond acceptors (Lipinski definition) is 6. The Kier molecular flexibility index (Phi) is 18.6. The Bertz CT molecular complexity index is 1050. The van der Waals surface area contributed by atoms with Crippen LogP contribution in [-0.2, 0) is 0 Å². The van der Waals surface area contributed by atoms with Crippen molar-refractivity contribution in [1.29, 1.82) is 0 Å². The normalized spacial score (nSPS) is 9.36. The zero-order valence-corrected chi connectivity index (χ0v) is 23.6. The Hall–Kier alpha value is -2.94. The van der Waals surface area contributed by atoms with Gasteiger partial charge in [0.25, 0.3) is 0 Å². The van der Waals surface area contributed by atoms with Crippen LogP contribution in [0.25, 0.3) is 16.2 Å². The molecule has 0 aliphatic heterocycles. The number of fused-ring (bicyclic) bond motifs is 1. The number of aliphatic hydroxyl groups is 1. The fourth-order valence-electron chi connectivity index (χ4n) is 2.64. The quantitative estimate of drug-likeness (QED) is 0.295. The highest BCUT2D eigenvalue weighted by atomic mass is 32.1. The van der Waals surface area contributed by atoms with Crippen molar-refractivity contribution in [2.45, 2.75) is 41.0 Å². The molecule has 2 heterocycles. The van der Waals surface area contributed by atoms with Crippen LogP contribution in [0, 0.1) is 13.8 Å². The molecule has 0 radical (unpaired) electrons. The van der Waals surface area contributed by atoms with Gasteiger partial charge in [-0.2, -0.15) is 0 Å². The van der Waals surface area contributed by atoms with E-state index in [1.54, 1.807) is 6.07 Å². The Labute approximate surface area is 220 Å². The van der Waals surface area contributed by atoms with Gasteiger partial charge in [-0.25, -0.2) is 9.37 Å². The van der Waals surface area contributed by atoms with Crippen LogP contribution in [0.2, 0.25) is 0 Å². The van der Waals surface area contributed by atoms with E-state index in [-0.39, 0.29) is 0 Å². The van der Waals surface area contributed by atoms with Gasteiger partial charge in [-0.05, 0) is 57.6 Å². The lowest BCUT2D eigenvalue weighted by Gasteiger charge is -2.00. The molecule has 0 saturated heterocycles. The van der Waals surface area contributed by atoms with Crippen molar-refractivity contribution < 1.29 is 14.2 Å². The summed E-state index contributed by atoms with van der Waals surface area (Å²) in [5.74, 6) is 0.500. The second kappa shape index (κ2) is 20.3. The van der Waals surface area contributed by atoms with Gasteiger partial charge in [0.15, 0.2) is 4.96 Å². The maximum Gasteiger partial charge on any atom is 0.228 e. The van der Waals surface area contributed by atoms with Gasteiger partial charge < -0.3 is 20.5 Å². The van der Waals surface area contributed by atoms with Crippen LogP contribution in [0.1, 0.15) is 37.8 Å². The number of nitrogens with one attached hydrogen (secondary N) is 2. The largest absolute Gasteiger partial charge is 0.463 e. The minimum Gasteiger partial charge on any atom is -0.463 e. The summed E-state index contributed by atoms with van der Waals surface area (Å²) in [6.45, 7) is 13.7. The molecule has 0 spiro atoms. The van der Waals surface area contributed by atoms with E-state index in [4.69, 9.17) is 14.8 Å². The van der Waals surface area contributed by atoms with Crippen molar-refractivity contribution in [3.63, 3.8) is 0 Å². The topological polar surface area (TPSA) is 70.8 Å². The molecule has 6 nitrogen and oxygen atoms in total. The number of likely N-dealkylation sites (N-methyl/N-ethyl adjacent to an activating group) is 1. The summed E-state index contributed by atoms with van der Waals surface area (Å²) >= 11 is 1.53. The SMILES string of the molecule is C=CCNC.CC.CCCO.CNc1ccc(-c2cn3c(C)ccc(OCF)cc(C)sc3n2)cc1. The van der Waals surface area contributed by atoms with Crippen LogP contribution in [0.3, 0.4) is 0 Å². The first kappa shape index (κ1) is 33.1. The number of anilines is 1. The standard InChI is InChI=1S/C19H20FN3OS.C4H9N.C3H8O.C2H6/c1-13-4-9-17(24-12-20)10-14(2)25-19-22-18(11-23(13)19)15-5-7-16(21-3)8-6-15;1-3-4-5-2;1-2-3-4;1-2/h4-11,21H,12H2,1-3H3;3,5H,1,4H2,2H3;4H,2-3H2,1H3;1-2H3. The highest BCUT2D eigenvalue weighted by Crippen LogP contribution is 2.24. The third-order valence-corrected chi connectivity index (χ3v) is 5.31. The van der Waals surface area contributed by atoms with E-state index in [0.717, 1.165) is 45.4 Å². The van der Waals surface area contributed by atoms with Gasteiger partial charge in [-0.3, -0.25) is 4.40 Å². The maximum atomic E-state index is 12.5. The molecule has 0 saturated carbocycles. The Balaban J connectivity index is 0.000000947. The minimum atomic E-state index is -0.843. The highest BCUT2D eigenvalue weighted by Gasteiger charge is 2.06. The Morgan fingerprint density at radius 2 is 1.78 bits per heavy atom. The fraction of sp³-hybridized carbons (Fsp3) is 0.393. The maximum absolute atomic E-state index is 12.5. The summed E-state index contributed by atoms with van der Waals surface area (Å²) in [6, 6.07) is 13.7. The van der Waals surface area contributed by atoms with Crippen molar-refractivity contribution in [3.8, 4) is 17.0 Å². The zero-order valence-electron chi connectivity index (χ0n) is 22.8. The van der Waals surface area contributed by atoms with Gasteiger partial charge in [0.05, 0.1) is 5.69 Å². The van der Waals surface area contributed by atoms with Crippen LogP contribution in [0.15, 0.2) is 61.3 Å². The van der Waals surface area contributed by atoms with Crippen LogP contribution in [0.5, 0.6) is 5.75 Å². The second-order valence-electron chi connectivity index (χ2n) is 7.16. The van der Waals surface area contributed by atoms with Gasteiger partial charge in [0.2, 0.25) is 6.86 Å². The number of nitrogens with zero attached hydrogens (tertiary/aromatic N) is 2. The predicted molar refractivity (Wildman–Crippen MR) is 155 cm³/mol. The minimum absolute atomic E-state index is 0.319. The molecule has 3 aromatic rings. The number of ether oxygens (including phenoxy) is 1. The number of alkyl halides is 1. The van der Waals surface area contributed by atoms with Crippen molar-refractivity contribution in [1.82, 2.24) is 14.7 Å². The smallest absolute Gasteiger partial charge is 0.228 e. The summed E-state index contributed by atoms with van der Waals surface area (Å²) in [5.41, 5.74) is 4.02. The van der Waals surface area contributed by atoms with Crippen molar-refractivity contribution in [3.05, 3.63) is 71.9 Å². The Morgan fingerprint density at radius 1 is 1.14 bits per heavy atom. The molecule has 2 aromatic heterocycles. The third kappa shape index (κ3) is 12.2. The first-order chi connectivity index (χ1) is 17.4. The molecule has 8 heteroatoms. The van der Waals surface area contributed by atoms with E-state index < -0.39 is 6.86 Å². The molecular formula is C28H43FN4O2S. The zero-order chi connectivity index (χ0) is 27.3. The molecule has 0 bridgehead atoms. The summed E-state index contributed by atoms with van der Waals surface area (Å²) in [6.07, 6.45) is 4.71. The van der Waals surface area contributed by atoms with Gasteiger partial charge >= 0.3 is 0 Å². The molecule has 0 unspecified atom stereocenters. The summed E-state index contributed by atoms with van der Waals surface area (Å²) in [7, 11) is 3.79. The van der Waals surface area contributed by atoms with Crippen LogP contribution in [0.4, 0.5) is 10.1 Å². The summed E-state index contributed by atoms with van der Waals surface area (Å²) in [5, 5.41) is 13.9. The third-order valence-electron chi connectivity index (χ3n) is 4.40. The molecule has 1 aromatic carbocycles. The van der Waals surface area contributed by atoms with Crippen molar-refractivity contribution in [2.75, 3.05) is 39.4 Å². The van der Waals surface area contributed by atoms with Crippen molar-refractivity contribution >= 4 is 22.0 Å². The molecule has 0 fully saturated rings. The number of rotatable bonds is 7. The van der Waals surface area contributed by atoms with Crippen molar-refractivity contribution in [2.24, 2.45) is 0 Å². The van der Waals surface area contributed by atoms with E-state index in [0.29, 0.717) is 12.4 Å². The molecule has 0 aliphatic rings. The molecule has 200 valence electrons. The first-order valence-corrected chi connectivity index (χ1v) is 12.9. The average molecular weight is 519 g/mol. The van der Waals surface area contributed by atoms with Crippen LogP contribution >= 0.6 is 11.3 Å². The monoisotopic (exact) mass is 518 g/mol. The molecular weight excluding hydrogens is 475 g/mol.